The zero-order valence-corrected chi connectivity index (χ0v) is 15.3. The molecule has 0 atom stereocenters. The molecule has 4 nitrogen and oxygen atoms in total. The first-order valence-electron chi connectivity index (χ1n) is 8.07. The van der Waals surface area contributed by atoms with Crippen molar-refractivity contribution >= 4 is 21.8 Å². The maximum absolute atomic E-state index is 12.7. The standard InChI is InChI=1S/C19H21BrN2O2/c1-21-9-11-22(12-10-21)19(23)17-8-7-16(13-18(17)20)24-14-15-5-3-2-4-6-15/h2-8,13H,9-12,14H2,1H3. The number of ether oxygens (including phenoxy) is 1. The molecular formula is C19H21BrN2O2. The molecule has 1 heterocycles. The van der Waals surface area contributed by atoms with Crippen molar-refractivity contribution in [2.75, 3.05) is 33.2 Å². The van der Waals surface area contributed by atoms with Gasteiger partial charge in [-0.05, 0) is 46.7 Å². The lowest BCUT2D eigenvalue weighted by Crippen LogP contribution is -2.47. The van der Waals surface area contributed by atoms with E-state index < -0.39 is 0 Å². The van der Waals surface area contributed by atoms with E-state index in [0.29, 0.717) is 12.2 Å². The Kier molecular flexibility index (Phi) is 5.53. The Morgan fingerprint density at radius 2 is 1.79 bits per heavy atom. The molecule has 0 saturated carbocycles. The summed E-state index contributed by atoms with van der Waals surface area (Å²) in [6, 6.07) is 15.6. The largest absolute Gasteiger partial charge is 0.489 e. The number of rotatable bonds is 4. The van der Waals surface area contributed by atoms with Gasteiger partial charge in [-0.3, -0.25) is 4.79 Å². The maximum atomic E-state index is 12.7. The number of benzene rings is 2. The highest BCUT2D eigenvalue weighted by molar-refractivity contribution is 9.10. The second kappa shape index (κ2) is 7.81. The molecule has 126 valence electrons. The molecule has 0 aliphatic carbocycles. The summed E-state index contributed by atoms with van der Waals surface area (Å²) < 4.78 is 6.58. The van der Waals surface area contributed by atoms with E-state index in [2.05, 4.69) is 27.9 Å². The monoisotopic (exact) mass is 388 g/mol. The molecule has 0 bridgehead atoms. The van der Waals surface area contributed by atoms with Crippen LogP contribution in [0, 0.1) is 0 Å². The number of likely N-dealkylation sites (N-methyl/N-ethyl adjacent to an activating group) is 1. The van der Waals surface area contributed by atoms with Crippen LogP contribution in [0.1, 0.15) is 15.9 Å². The molecule has 0 spiro atoms. The van der Waals surface area contributed by atoms with Gasteiger partial charge in [-0.25, -0.2) is 0 Å². The number of carbonyl (C=O) groups is 1. The molecule has 24 heavy (non-hydrogen) atoms. The van der Waals surface area contributed by atoms with E-state index in [1.54, 1.807) is 0 Å². The number of piperazine rings is 1. The quantitative estimate of drug-likeness (QED) is 0.804. The van der Waals surface area contributed by atoms with Gasteiger partial charge in [-0.1, -0.05) is 30.3 Å². The van der Waals surface area contributed by atoms with Gasteiger partial charge in [-0.15, -0.1) is 0 Å². The molecule has 2 aromatic rings. The van der Waals surface area contributed by atoms with Crippen molar-refractivity contribution in [2.24, 2.45) is 0 Å². The third-order valence-corrected chi connectivity index (χ3v) is 4.87. The van der Waals surface area contributed by atoms with Gasteiger partial charge in [-0.2, -0.15) is 0 Å². The van der Waals surface area contributed by atoms with Gasteiger partial charge in [0.1, 0.15) is 12.4 Å². The van der Waals surface area contributed by atoms with Crippen LogP contribution in [-0.2, 0) is 6.61 Å². The Labute approximate surface area is 151 Å². The van der Waals surface area contributed by atoms with Gasteiger partial charge >= 0.3 is 0 Å². The summed E-state index contributed by atoms with van der Waals surface area (Å²) in [7, 11) is 2.08. The van der Waals surface area contributed by atoms with Crippen LogP contribution < -0.4 is 4.74 Å². The first-order chi connectivity index (χ1) is 11.6. The third-order valence-electron chi connectivity index (χ3n) is 4.21. The minimum absolute atomic E-state index is 0.0737. The average Bonchev–Trinajstić information content (AvgIpc) is 2.61. The molecule has 0 unspecified atom stereocenters. The number of amides is 1. The van der Waals surface area contributed by atoms with Crippen molar-refractivity contribution in [3.05, 3.63) is 64.1 Å². The molecule has 5 heteroatoms. The van der Waals surface area contributed by atoms with Crippen LogP contribution in [0.15, 0.2) is 53.0 Å². The van der Waals surface area contributed by atoms with E-state index in [0.717, 1.165) is 42.0 Å². The molecule has 0 N–H and O–H groups in total. The summed E-state index contributed by atoms with van der Waals surface area (Å²) in [5.41, 5.74) is 1.80. The zero-order valence-electron chi connectivity index (χ0n) is 13.7. The predicted molar refractivity (Wildman–Crippen MR) is 98.3 cm³/mol. The van der Waals surface area contributed by atoms with Crippen LogP contribution in [0.2, 0.25) is 0 Å². The van der Waals surface area contributed by atoms with Crippen molar-refractivity contribution in [1.82, 2.24) is 9.80 Å². The molecule has 2 aromatic carbocycles. The average molecular weight is 389 g/mol. The molecule has 1 fully saturated rings. The second-order valence-corrected chi connectivity index (χ2v) is 6.87. The third kappa shape index (κ3) is 4.16. The van der Waals surface area contributed by atoms with Gasteiger partial charge in [0, 0.05) is 30.7 Å². The van der Waals surface area contributed by atoms with E-state index in [-0.39, 0.29) is 5.91 Å². The van der Waals surface area contributed by atoms with E-state index in [1.165, 1.54) is 0 Å². The van der Waals surface area contributed by atoms with Gasteiger partial charge in [0.15, 0.2) is 0 Å². The normalized spacial score (nSPS) is 15.3. The molecular weight excluding hydrogens is 368 g/mol. The zero-order chi connectivity index (χ0) is 16.9. The summed E-state index contributed by atoms with van der Waals surface area (Å²) >= 11 is 3.51. The van der Waals surface area contributed by atoms with Crippen LogP contribution in [0.5, 0.6) is 5.75 Å². The van der Waals surface area contributed by atoms with Crippen LogP contribution in [-0.4, -0.2) is 48.9 Å². The first kappa shape index (κ1) is 17.0. The summed E-state index contributed by atoms with van der Waals surface area (Å²) in [6.45, 7) is 3.89. The number of hydrogen-bond acceptors (Lipinski definition) is 3. The van der Waals surface area contributed by atoms with Crippen molar-refractivity contribution in [3.63, 3.8) is 0 Å². The van der Waals surface area contributed by atoms with Gasteiger partial charge in [0.25, 0.3) is 5.91 Å². The second-order valence-electron chi connectivity index (χ2n) is 6.01. The molecule has 3 rings (SSSR count). The SMILES string of the molecule is CN1CCN(C(=O)c2ccc(OCc3ccccc3)cc2Br)CC1. The number of carbonyl (C=O) groups excluding carboxylic acids is 1. The lowest BCUT2D eigenvalue weighted by atomic mass is 10.1. The Morgan fingerprint density at radius 1 is 1.08 bits per heavy atom. The topological polar surface area (TPSA) is 32.8 Å². The number of hydrogen-bond donors (Lipinski definition) is 0. The summed E-state index contributed by atoms with van der Waals surface area (Å²) in [5, 5.41) is 0. The Hall–Kier alpha value is -1.85. The van der Waals surface area contributed by atoms with Gasteiger partial charge in [0.05, 0.1) is 5.56 Å². The molecule has 1 aliphatic rings. The van der Waals surface area contributed by atoms with Crippen molar-refractivity contribution < 1.29 is 9.53 Å². The van der Waals surface area contributed by atoms with Crippen LogP contribution in [0.25, 0.3) is 0 Å². The smallest absolute Gasteiger partial charge is 0.255 e. The summed E-state index contributed by atoms with van der Waals surface area (Å²) in [4.78, 5) is 16.8. The Morgan fingerprint density at radius 3 is 2.46 bits per heavy atom. The fraction of sp³-hybridized carbons (Fsp3) is 0.316. The Balaban J connectivity index is 1.65. The minimum Gasteiger partial charge on any atom is -0.489 e. The Bertz CT molecular complexity index is 698. The highest BCUT2D eigenvalue weighted by Gasteiger charge is 2.22. The summed E-state index contributed by atoms with van der Waals surface area (Å²) in [5.74, 6) is 0.824. The van der Waals surface area contributed by atoms with Crippen LogP contribution in [0.3, 0.4) is 0 Å². The van der Waals surface area contributed by atoms with Crippen molar-refractivity contribution in [1.29, 1.82) is 0 Å². The van der Waals surface area contributed by atoms with Crippen LogP contribution in [0.4, 0.5) is 0 Å². The van der Waals surface area contributed by atoms with Crippen molar-refractivity contribution in [3.8, 4) is 5.75 Å². The molecule has 1 amide bonds. The van der Waals surface area contributed by atoms with E-state index in [4.69, 9.17) is 4.74 Å². The van der Waals surface area contributed by atoms with E-state index in [1.807, 2.05) is 53.4 Å². The van der Waals surface area contributed by atoms with Crippen molar-refractivity contribution in [2.45, 2.75) is 6.61 Å². The minimum atomic E-state index is 0.0737. The summed E-state index contributed by atoms with van der Waals surface area (Å²) in [6.07, 6.45) is 0. The first-order valence-corrected chi connectivity index (χ1v) is 8.87. The number of halogens is 1. The molecule has 0 aromatic heterocycles. The van der Waals surface area contributed by atoms with Gasteiger partial charge in [0.2, 0.25) is 0 Å². The van der Waals surface area contributed by atoms with Crippen LogP contribution >= 0.6 is 15.9 Å². The van der Waals surface area contributed by atoms with E-state index in [9.17, 15) is 4.79 Å². The fourth-order valence-electron chi connectivity index (χ4n) is 2.68. The molecule has 1 saturated heterocycles. The lowest BCUT2D eigenvalue weighted by Gasteiger charge is -2.32. The van der Waals surface area contributed by atoms with Gasteiger partial charge < -0.3 is 14.5 Å². The fourth-order valence-corrected chi connectivity index (χ4v) is 3.21. The number of nitrogens with zero attached hydrogens (tertiary/aromatic N) is 2. The lowest BCUT2D eigenvalue weighted by molar-refractivity contribution is 0.0663. The maximum Gasteiger partial charge on any atom is 0.255 e. The van der Waals surface area contributed by atoms with E-state index >= 15 is 0 Å². The highest BCUT2D eigenvalue weighted by atomic mass is 79.9. The molecule has 1 aliphatic heterocycles. The molecule has 0 radical (unpaired) electrons. The predicted octanol–water partition coefficient (Wildman–Crippen LogP) is 3.42. The highest BCUT2D eigenvalue weighted by Crippen LogP contribution is 2.25.